The van der Waals surface area contributed by atoms with Crippen LogP contribution < -0.4 is 5.73 Å². The quantitative estimate of drug-likeness (QED) is 0.747. The molecular formula is C11H19N3O. The molecule has 0 radical (unpaired) electrons. The standard InChI is InChI=1S/C11H19N3O/c1-4-8(3)10(12)11(15)9-6-7-13-14(9)5-2/h6-8,10H,4-5,12H2,1-3H3. The third-order valence-corrected chi connectivity index (χ3v) is 2.83. The summed E-state index contributed by atoms with van der Waals surface area (Å²) >= 11 is 0. The average molecular weight is 209 g/mol. The maximum Gasteiger partial charge on any atom is 0.197 e. The first-order valence-corrected chi connectivity index (χ1v) is 5.43. The lowest BCUT2D eigenvalue weighted by Gasteiger charge is -2.17. The van der Waals surface area contributed by atoms with Gasteiger partial charge >= 0.3 is 0 Å². The van der Waals surface area contributed by atoms with Gasteiger partial charge in [-0.15, -0.1) is 0 Å². The van der Waals surface area contributed by atoms with Gasteiger partial charge in [0, 0.05) is 12.7 Å². The Hall–Kier alpha value is -1.16. The van der Waals surface area contributed by atoms with Crippen molar-refractivity contribution >= 4 is 5.78 Å². The van der Waals surface area contributed by atoms with Crippen LogP contribution in [-0.4, -0.2) is 21.6 Å². The number of rotatable bonds is 5. The van der Waals surface area contributed by atoms with Gasteiger partial charge in [0.2, 0.25) is 0 Å². The molecule has 0 saturated carbocycles. The van der Waals surface area contributed by atoms with Gasteiger partial charge in [-0.1, -0.05) is 20.3 Å². The average Bonchev–Trinajstić information content (AvgIpc) is 2.73. The van der Waals surface area contributed by atoms with E-state index in [4.69, 9.17) is 5.73 Å². The zero-order valence-electron chi connectivity index (χ0n) is 9.60. The van der Waals surface area contributed by atoms with Gasteiger partial charge in [-0.05, 0) is 18.9 Å². The molecule has 2 N–H and O–H groups in total. The maximum absolute atomic E-state index is 12.0. The van der Waals surface area contributed by atoms with Crippen molar-refractivity contribution in [2.24, 2.45) is 11.7 Å². The highest BCUT2D eigenvalue weighted by atomic mass is 16.1. The van der Waals surface area contributed by atoms with E-state index < -0.39 is 6.04 Å². The number of aromatic nitrogens is 2. The molecule has 0 fully saturated rings. The van der Waals surface area contributed by atoms with Gasteiger partial charge < -0.3 is 5.73 Å². The summed E-state index contributed by atoms with van der Waals surface area (Å²) in [5.41, 5.74) is 6.51. The number of Topliss-reactive ketones (excluding diaryl/α,β-unsaturated/α-hetero) is 1. The smallest absolute Gasteiger partial charge is 0.197 e. The fourth-order valence-corrected chi connectivity index (χ4v) is 1.48. The van der Waals surface area contributed by atoms with E-state index in [0.29, 0.717) is 12.2 Å². The maximum atomic E-state index is 12.0. The van der Waals surface area contributed by atoms with E-state index in [1.54, 1.807) is 16.9 Å². The van der Waals surface area contributed by atoms with Crippen molar-refractivity contribution in [2.75, 3.05) is 0 Å². The highest BCUT2D eigenvalue weighted by molar-refractivity contribution is 5.98. The van der Waals surface area contributed by atoms with E-state index in [1.807, 2.05) is 20.8 Å². The number of hydrogen-bond acceptors (Lipinski definition) is 3. The van der Waals surface area contributed by atoms with Gasteiger partial charge in [0.05, 0.1) is 6.04 Å². The molecule has 0 spiro atoms. The van der Waals surface area contributed by atoms with Crippen molar-refractivity contribution in [2.45, 2.75) is 39.8 Å². The molecule has 2 atom stereocenters. The lowest BCUT2D eigenvalue weighted by atomic mass is 9.95. The van der Waals surface area contributed by atoms with E-state index in [0.717, 1.165) is 6.42 Å². The topological polar surface area (TPSA) is 60.9 Å². The van der Waals surface area contributed by atoms with Crippen LogP contribution >= 0.6 is 0 Å². The molecule has 1 heterocycles. The van der Waals surface area contributed by atoms with E-state index >= 15 is 0 Å². The molecule has 0 amide bonds. The normalized spacial score (nSPS) is 14.9. The molecule has 4 nitrogen and oxygen atoms in total. The van der Waals surface area contributed by atoms with Gasteiger partial charge in [0.1, 0.15) is 5.69 Å². The summed E-state index contributed by atoms with van der Waals surface area (Å²) in [5.74, 6) is 0.196. The van der Waals surface area contributed by atoms with Crippen molar-refractivity contribution in [3.8, 4) is 0 Å². The van der Waals surface area contributed by atoms with Crippen molar-refractivity contribution in [3.05, 3.63) is 18.0 Å². The molecule has 0 aliphatic rings. The van der Waals surface area contributed by atoms with E-state index in [1.165, 1.54) is 0 Å². The van der Waals surface area contributed by atoms with E-state index in [-0.39, 0.29) is 11.7 Å². The number of hydrogen-bond donors (Lipinski definition) is 1. The molecule has 0 aliphatic heterocycles. The first-order valence-electron chi connectivity index (χ1n) is 5.43. The molecule has 2 unspecified atom stereocenters. The number of aryl methyl sites for hydroxylation is 1. The number of nitrogens with two attached hydrogens (primary N) is 1. The highest BCUT2D eigenvalue weighted by Gasteiger charge is 2.23. The van der Waals surface area contributed by atoms with Crippen molar-refractivity contribution in [3.63, 3.8) is 0 Å². The largest absolute Gasteiger partial charge is 0.321 e. The number of carbonyl (C=O) groups excluding carboxylic acids is 1. The summed E-state index contributed by atoms with van der Waals surface area (Å²) in [6, 6.07) is 1.31. The molecule has 1 aromatic rings. The molecule has 4 heteroatoms. The summed E-state index contributed by atoms with van der Waals surface area (Å²) in [6.07, 6.45) is 2.55. The van der Waals surface area contributed by atoms with Gasteiger partial charge in [0.15, 0.2) is 5.78 Å². The van der Waals surface area contributed by atoms with Gasteiger partial charge in [0.25, 0.3) is 0 Å². The van der Waals surface area contributed by atoms with E-state index in [2.05, 4.69) is 5.10 Å². The molecule has 15 heavy (non-hydrogen) atoms. The van der Waals surface area contributed by atoms with Crippen molar-refractivity contribution in [1.82, 2.24) is 9.78 Å². The lowest BCUT2D eigenvalue weighted by molar-refractivity contribution is 0.0924. The minimum atomic E-state index is -0.419. The monoisotopic (exact) mass is 209 g/mol. The summed E-state index contributed by atoms with van der Waals surface area (Å²) in [7, 11) is 0. The Morgan fingerprint density at radius 2 is 2.27 bits per heavy atom. The van der Waals surface area contributed by atoms with Gasteiger partial charge in [-0.2, -0.15) is 5.10 Å². The Balaban J connectivity index is 2.84. The number of ketones is 1. The first kappa shape index (κ1) is 11.9. The van der Waals surface area contributed by atoms with Crippen LogP contribution in [0.2, 0.25) is 0 Å². The molecular weight excluding hydrogens is 190 g/mol. The Morgan fingerprint density at radius 3 is 2.80 bits per heavy atom. The predicted octanol–water partition coefficient (Wildman–Crippen LogP) is 1.46. The van der Waals surface area contributed by atoms with Crippen LogP contribution in [-0.2, 0) is 6.54 Å². The number of carbonyl (C=O) groups is 1. The Labute approximate surface area is 90.5 Å². The Kier molecular flexibility index (Phi) is 4.03. The second-order valence-corrected chi connectivity index (χ2v) is 3.81. The van der Waals surface area contributed by atoms with Crippen molar-refractivity contribution in [1.29, 1.82) is 0 Å². The van der Waals surface area contributed by atoms with Crippen LogP contribution in [0.1, 0.15) is 37.7 Å². The van der Waals surface area contributed by atoms with Gasteiger partial charge in [-0.25, -0.2) is 0 Å². The van der Waals surface area contributed by atoms with Crippen LogP contribution in [0.4, 0.5) is 0 Å². The molecule has 0 saturated heterocycles. The molecule has 84 valence electrons. The van der Waals surface area contributed by atoms with Crippen LogP contribution in [0, 0.1) is 5.92 Å². The first-order chi connectivity index (χ1) is 7.11. The molecule has 0 bridgehead atoms. The lowest BCUT2D eigenvalue weighted by Crippen LogP contribution is -2.37. The zero-order valence-corrected chi connectivity index (χ0v) is 9.60. The third kappa shape index (κ3) is 2.45. The van der Waals surface area contributed by atoms with E-state index in [9.17, 15) is 4.79 Å². The molecule has 0 aromatic carbocycles. The van der Waals surface area contributed by atoms with Crippen LogP contribution in [0.25, 0.3) is 0 Å². The van der Waals surface area contributed by atoms with Crippen molar-refractivity contribution < 1.29 is 4.79 Å². The summed E-state index contributed by atoms with van der Waals surface area (Å²) < 4.78 is 1.69. The van der Waals surface area contributed by atoms with Gasteiger partial charge in [-0.3, -0.25) is 9.48 Å². The van der Waals surface area contributed by atoms with Crippen LogP contribution in [0.15, 0.2) is 12.3 Å². The summed E-state index contributed by atoms with van der Waals surface area (Å²) in [6.45, 7) is 6.68. The Morgan fingerprint density at radius 1 is 1.60 bits per heavy atom. The highest BCUT2D eigenvalue weighted by Crippen LogP contribution is 2.11. The fraction of sp³-hybridized carbons (Fsp3) is 0.636. The second kappa shape index (κ2) is 5.07. The predicted molar refractivity (Wildman–Crippen MR) is 59.7 cm³/mol. The molecule has 0 aliphatic carbocycles. The van der Waals surface area contributed by atoms with Crippen LogP contribution in [0.3, 0.4) is 0 Å². The molecule has 1 aromatic heterocycles. The zero-order chi connectivity index (χ0) is 11.4. The fourth-order valence-electron chi connectivity index (χ4n) is 1.48. The molecule has 1 rings (SSSR count). The number of nitrogens with zero attached hydrogens (tertiary/aromatic N) is 2. The minimum Gasteiger partial charge on any atom is -0.321 e. The van der Waals surface area contributed by atoms with Crippen LogP contribution in [0.5, 0.6) is 0 Å². The Bertz CT molecular complexity index is 332. The second-order valence-electron chi connectivity index (χ2n) is 3.81. The SMILES string of the molecule is CCC(C)C(N)C(=O)c1ccnn1CC. The summed E-state index contributed by atoms with van der Waals surface area (Å²) in [4.78, 5) is 12.0. The third-order valence-electron chi connectivity index (χ3n) is 2.83. The summed E-state index contributed by atoms with van der Waals surface area (Å²) in [5, 5.41) is 4.06. The minimum absolute atomic E-state index is 0.0105.